The summed E-state index contributed by atoms with van der Waals surface area (Å²) < 4.78 is 5.06. The zero-order valence-corrected chi connectivity index (χ0v) is 8.69. The lowest BCUT2D eigenvalue weighted by Crippen LogP contribution is -2.14. The van der Waals surface area contributed by atoms with Gasteiger partial charge >= 0.3 is 0 Å². The van der Waals surface area contributed by atoms with Gasteiger partial charge in [-0.25, -0.2) is 4.98 Å². The van der Waals surface area contributed by atoms with Crippen LogP contribution in [0.5, 0.6) is 0 Å². The number of nitrogen functional groups attached to an aromatic ring is 1. The lowest BCUT2D eigenvalue weighted by atomic mass is 10.3. The summed E-state index contributed by atoms with van der Waals surface area (Å²) >= 11 is 0. The van der Waals surface area contributed by atoms with Crippen LogP contribution in [0.2, 0.25) is 0 Å². The molecule has 5 heteroatoms. The number of anilines is 2. The third-order valence-corrected chi connectivity index (χ3v) is 1.75. The van der Waals surface area contributed by atoms with Gasteiger partial charge in [-0.1, -0.05) is 0 Å². The summed E-state index contributed by atoms with van der Waals surface area (Å²) in [7, 11) is 0. The number of hydrogen-bond acceptors (Lipinski definition) is 4. The van der Waals surface area contributed by atoms with Crippen LogP contribution in [0.15, 0.2) is 18.3 Å². The van der Waals surface area contributed by atoms with Crippen LogP contribution in [0, 0.1) is 0 Å². The van der Waals surface area contributed by atoms with Gasteiger partial charge in [0, 0.05) is 6.61 Å². The standard InChI is InChI=1S/C10H15N3O2/c1-2-15-6-5-10(14)13-8-3-4-9(11)12-7-8/h3-4,7H,2,5-6H2,1H3,(H2,11,12)(H,13,14). The first-order chi connectivity index (χ1) is 7.22. The van der Waals surface area contributed by atoms with Gasteiger partial charge < -0.3 is 15.8 Å². The monoisotopic (exact) mass is 209 g/mol. The summed E-state index contributed by atoms with van der Waals surface area (Å²) in [6, 6.07) is 3.35. The molecule has 0 bridgehead atoms. The van der Waals surface area contributed by atoms with Crippen molar-refractivity contribution in [1.29, 1.82) is 0 Å². The van der Waals surface area contributed by atoms with Crippen LogP contribution >= 0.6 is 0 Å². The first kappa shape index (κ1) is 11.5. The van der Waals surface area contributed by atoms with Gasteiger partial charge in [-0.05, 0) is 19.1 Å². The average Bonchev–Trinajstić information content (AvgIpc) is 2.22. The van der Waals surface area contributed by atoms with Gasteiger partial charge in [0.2, 0.25) is 5.91 Å². The van der Waals surface area contributed by atoms with Crippen molar-refractivity contribution in [1.82, 2.24) is 4.98 Å². The highest BCUT2D eigenvalue weighted by Gasteiger charge is 2.01. The minimum absolute atomic E-state index is 0.0879. The summed E-state index contributed by atoms with van der Waals surface area (Å²) in [6.45, 7) is 2.95. The van der Waals surface area contributed by atoms with E-state index < -0.39 is 0 Å². The van der Waals surface area contributed by atoms with E-state index in [0.29, 0.717) is 31.1 Å². The number of ether oxygens (including phenoxy) is 1. The lowest BCUT2D eigenvalue weighted by Gasteiger charge is -2.04. The van der Waals surface area contributed by atoms with Crippen molar-refractivity contribution in [2.75, 3.05) is 24.3 Å². The first-order valence-corrected chi connectivity index (χ1v) is 4.81. The molecular formula is C10H15N3O2. The number of aromatic nitrogens is 1. The summed E-state index contributed by atoms with van der Waals surface area (Å²) in [5.74, 6) is 0.345. The average molecular weight is 209 g/mol. The maximum Gasteiger partial charge on any atom is 0.226 e. The first-order valence-electron chi connectivity index (χ1n) is 4.81. The van der Waals surface area contributed by atoms with Crippen LogP contribution in [0.1, 0.15) is 13.3 Å². The number of amides is 1. The predicted molar refractivity (Wildman–Crippen MR) is 58.4 cm³/mol. The Morgan fingerprint density at radius 1 is 1.60 bits per heavy atom. The Morgan fingerprint density at radius 2 is 2.40 bits per heavy atom. The number of nitrogens with one attached hydrogen (secondary N) is 1. The van der Waals surface area contributed by atoms with Crippen molar-refractivity contribution >= 4 is 17.4 Å². The Kier molecular flexibility index (Phi) is 4.56. The number of hydrogen-bond donors (Lipinski definition) is 2. The molecule has 5 nitrogen and oxygen atoms in total. The smallest absolute Gasteiger partial charge is 0.226 e. The molecule has 0 unspecified atom stereocenters. The topological polar surface area (TPSA) is 77.2 Å². The molecule has 0 radical (unpaired) electrons. The van der Waals surface area contributed by atoms with Crippen molar-refractivity contribution in [3.05, 3.63) is 18.3 Å². The molecular weight excluding hydrogens is 194 g/mol. The molecule has 0 spiro atoms. The Labute approximate surface area is 88.6 Å². The zero-order valence-electron chi connectivity index (χ0n) is 8.69. The molecule has 0 aliphatic carbocycles. The van der Waals surface area contributed by atoms with Crippen molar-refractivity contribution < 1.29 is 9.53 Å². The molecule has 3 N–H and O–H groups in total. The Morgan fingerprint density at radius 3 is 3.00 bits per heavy atom. The molecule has 0 aliphatic rings. The third-order valence-electron chi connectivity index (χ3n) is 1.75. The normalized spacial score (nSPS) is 9.93. The van der Waals surface area contributed by atoms with Gasteiger partial charge in [0.25, 0.3) is 0 Å². The van der Waals surface area contributed by atoms with Gasteiger partial charge in [-0.2, -0.15) is 0 Å². The van der Waals surface area contributed by atoms with E-state index in [2.05, 4.69) is 10.3 Å². The third kappa shape index (κ3) is 4.42. The molecule has 0 saturated heterocycles. The fourth-order valence-electron chi connectivity index (χ4n) is 1.01. The lowest BCUT2D eigenvalue weighted by molar-refractivity contribution is -0.117. The molecule has 1 amide bonds. The number of rotatable bonds is 5. The van der Waals surface area contributed by atoms with Gasteiger partial charge in [0.1, 0.15) is 5.82 Å². The van der Waals surface area contributed by atoms with E-state index in [4.69, 9.17) is 10.5 Å². The van der Waals surface area contributed by atoms with Crippen LogP contribution in [-0.4, -0.2) is 24.1 Å². The molecule has 1 rings (SSSR count). The number of carbonyl (C=O) groups is 1. The number of carbonyl (C=O) groups excluding carboxylic acids is 1. The minimum Gasteiger partial charge on any atom is -0.384 e. The van der Waals surface area contributed by atoms with Crippen molar-refractivity contribution in [3.8, 4) is 0 Å². The molecule has 82 valence electrons. The van der Waals surface area contributed by atoms with E-state index in [1.807, 2.05) is 6.92 Å². The second kappa shape index (κ2) is 5.98. The van der Waals surface area contributed by atoms with Crippen LogP contribution in [-0.2, 0) is 9.53 Å². The Hall–Kier alpha value is -1.62. The minimum atomic E-state index is -0.0879. The van der Waals surface area contributed by atoms with Crippen LogP contribution in [0.25, 0.3) is 0 Å². The molecule has 15 heavy (non-hydrogen) atoms. The maximum absolute atomic E-state index is 11.3. The molecule has 0 atom stereocenters. The predicted octanol–water partition coefficient (Wildman–Crippen LogP) is 1.03. The zero-order chi connectivity index (χ0) is 11.1. The number of nitrogens with two attached hydrogens (primary N) is 1. The quantitative estimate of drug-likeness (QED) is 0.710. The Balaban J connectivity index is 2.34. The summed E-state index contributed by atoms with van der Waals surface area (Å²) in [4.78, 5) is 15.2. The van der Waals surface area contributed by atoms with Crippen LogP contribution < -0.4 is 11.1 Å². The van der Waals surface area contributed by atoms with Crippen molar-refractivity contribution in [3.63, 3.8) is 0 Å². The van der Waals surface area contributed by atoms with E-state index in [1.54, 1.807) is 12.1 Å². The molecule has 1 aromatic heterocycles. The van der Waals surface area contributed by atoms with Crippen molar-refractivity contribution in [2.45, 2.75) is 13.3 Å². The van der Waals surface area contributed by atoms with Gasteiger partial charge in [0.05, 0.1) is 24.9 Å². The largest absolute Gasteiger partial charge is 0.384 e. The van der Waals surface area contributed by atoms with Gasteiger partial charge in [-0.3, -0.25) is 4.79 Å². The highest BCUT2D eigenvalue weighted by atomic mass is 16.5. The molecule has 0 saturated carbocycles. The number of pyridine rings is 1. The highest BCUT2D eigenvalue weighted by Crippen LogP contribution is 2.07. The van der Waals surface area contributed by atoms with E-state index in [9.17, 15) is 4.79 Å². The maximum atomic E-state index is 11.3. The second-order valence-electron chi connectivity index (χ2n) is 2.97. The van der Waals surface area contributed by atoms with E-state index in [1.165, 1.54) is 6.20 Å². The fourth-order valence-corrected chi connectivity index (χ4v) is 1.01. The molecule has 1 heterocycles. The highest BCUT2D eigenvalue weighted by molar-refractivity contribution is 5.90. The molecule has 1 aromatic rings. The fraction of sp³-hybridized carbons (Fsp3) is 0.400. The van der Waals surface area contributed by atoms with E-state index in [0.717, 1.165) is 0 Å². The second-order valence-corrected chi connectivity index (χ2v) is 2.97. The van der Waals surface area contributed by atoms with Crippen LogP contribution in [0.4, 0.5) is 11.5 Å². The summed E-state index contributed by atoms with van der Waals surface area (Å²) in [6.07, 6.45) is 1.87. The van der Waals surface area contributed by atoms with Gasteiger partial charge in [0.15, 0.2) is 0 Å². The molecule has 0 aromatic carbocycles. The summed E-state index contributed by atoms with van der Waals surface area (Å²) in [5, 5.41) is 2.69. The van der Waals surface area contributed by atoms with E-state index >= 15 is 0 Å². The number of nitrogens with zero attached hydrogens (tertiary/aromatic N) is 1. The summed E-state index contributed by atoms with van der Waals surface area (Å²) in [5.41, 5.74) is 6.06. The molecule has 0 fully saturated rings. The van der Waals surface area contributed by atoms with Gasteiger partial charge in [-0.15, -0.1) is 0 Å². The molecule has 0 aliphatic heterocycles. The Bertz CT molecular complexity index is 311. The van der Waals surface area contributed by atoms with Crippen LogP contribution in [0.3, 0.4) is 0 Å². The SMILES string of the molecule is CCOCCC(=O)Nc1ccc(N)nc1. The van der Waals surface area contributed by atoms with E-state index in [-0.39, 0.29) is 5.91 Å². The van der Waals surface area contributed by atoms with Crippen molar-refractivity contribution in [2.24, 2.45) is 0 Å².